The molecule has 4 bridgehead atoms. The molecule has 4 aliphatic heterocycles. The van der Waals surface area contributed by atoms with Crippen LogP contribution in [-0.2, 0) is 9.53 Å². The zero-order valence-electron chi connectivity index (χ0n) is 13.0. The van der Waals surface area contributed by atoms with E-state index in [4.69, 9.17) is 27.9 Å². The second-order valence-electron chi connectivity index (χ2n) is 6.75. The first-order valence-electron chi connectivity index (χ1n) is 8.07. The molecule has 0 spiro atoms. The molecule has 4 saturated heterocycles. The first kappa shape index (κ1) is 15.5. The Morgan fingerprint density at radius 3 is 2.87 bits per heavy atom. The molecule has 0 aromatic heterocycles. The predicted molar refractivity (Wildman–Crippen MR) is 91.6 cm³/mol. The lowest BCUT2D eigenvalue weighted by Crippen LogP contribution is -2.58. The van der Waals surface area contributed by atoms with Crippen LogP contribution in [0.5, 0.6) is 0 Å². The summed E-state index contributed by atoms with van der Waals surface area (Å²) in [6.45, 7) is 0.952. The maximum Gasteiger partial charge on any atom is 0.310 e. The molecular formula is C18H19Cl2NO2. The largest absolute Gasteiger partial charge is 0.469 e. The number of hydrogen-bond donors (Lipinski definition) is 0. The van der Waals surface area contributed by atoms with E-state index in [9.17, 15) is 4.79 Å². The van der Waals surface area contributed by atoms with Crippen molar-refractivity contribution in [2.75, 3.05) is 13.7 Å². The molecule has 1 aromatic rings. The summed E-state index contributed by atoms with van der Waals surface area (Å²) in [5.74, 6) is 0.200. The van der Waals surface area contributed by atoms with Crippen LogP contribution < -0.4 is 0 Å². The molecule has 5 heteroatoms. The fourth-order valence-corrected chi connectivity index (χ4v) is 5.00. The Morgan fingerprint density at radius 2 is 2.13 bits per heavy atom. The van der Waals surface area contributed by atoms with Crippen molar-refractivity contribution in [2.45, 2.75) is 31.3 Å². The number of carbonyl (C=O) groups is 1. The fraction of sp³-hybridized carbons (Fsp3) is 0.500. The number of halogens is 2. The zero-order chi connectivity index (χ0) is 16.1. The number of ether oxygens (including phenoxy) is 1. The number of hydrogen-bond acceptors (Lipinski definition) is 3. The summed E-state index contributed by atoms with van der Waals surface area (Å²) >= 11 is 12.1. The van der Waals surface area contributed by atoms with E-state index in [2.05, 4.69) is 11.0 Å². The quantitative estimate of drug-likeness (QED) is 0.753. The van der Waals surface area contributed by atoms with Gasteiger partial charge in [-0.1, -0.05) is 40.9 Å². The highest BCUT2D eigenvalue weighted by molar-refractivity contribution is 6.42. The van der Waals surface area contributed by atoms with Gasteiger partial charge in [-0.2, -0.15) is 0 Å². The molecule has 4 aliphatic rings. The lowest BCUT2D eigenvalue weighted by atomic mass is 9.71. The van der Waals surface area contributed by atoms with Crippen molar-refractivity contribution in [2.24, 2.45) is 11.8 Å². The van der Waals surface area contributed by atoms with Crippen LogP contribution in [-0.4, -0.2) is 36.6 Å². The van der Waals surface area contributed by atoms with Gasteiger partial charge in [-0.25, -0.2) is 0 Å². The van der Waals surface area contributed by atoms with Crippen LogP contribution in [0.15, 0.2) is 23.8 Å². The first-order valence-corrected chi connectivity index (χ1v) is 8.83. The lowest BCUT2D eigenvalue weighted by molar-refractivity contribution is -0.153. The lowest BCUT2D eigenvalue weighted by Gasteiger charge is -2.50. The fourth-order valence-electron chi connectivity index (χ4n) is 4.70. The highest BCUT2D eigenvalue weighted by atomic mass is 35.5. The van der Waals surface area contributed by atoms with E-state index in [-0.39, 0.29) is 11.9 Å². The molecule has 1 aromatic carbocycles. The molecule has 5 rings (SSSR count). The summed E-state index contributed by atoms with van der Waals surface area (Å²) in [4.78, 5) is 14.8. The molecular weight excluding hydrogens is 333 g/mol. The number of piperidine rings is 3. The molecule has 0 N–H and O–H groups in total. The third-order valence-corrected chi connectivity index (χ3v) is 6.41. The van der Waals surface area contributed by atoms with Crippen molar-refractivity contribution in [3.05, 3.63) is 39.4 Å². The smallest absolute Gasteiger partial charge is 0.310 e. The Morgan fingerprint density at radius 1 is 1.30 bits per heavy atom. The molecule has 3 nitrogen and oxygen atoms in total. The van der Waals surface area contributed by atoms with E-state index < -0.39 is 0 Å². The summed E-state index contributed by atoms with van der Waals surface area (Å²) in [7, 11) is 1.49. The summed E-state index contributed by atoms with van der Waals surface area (Å²) in [5, 5.41) is 1.13. The highest BCUT2D eigenvalue weighted by Gasteiger charge is 2.55. The van der Waals surface area contributed by atoms with E-state index in [0.717, 1.165) is 24.9 Å². The zero-order valence-corrected chi connectivity index (χ0v) is 14.5. The maximum absolute atomic E-state index is 12.3. The number of rotatable bonds is 2. The van der Waals surface area contributed by atoms with Crippen LogP contribution in [0.2, 0.25) is 10.0 Å². The van der Waals surface area contributed by atoms with E-state index in [1.54, 1.807) is 0 Å². The monoisotopic (exact) mass is 351 g/mol. The molecule has 4 unspecified atom stereocenters. The van der Waals surface area contributed by atoms with Crippen LogP contribution in [0.25, 0.3) is 6.08 Å². The summed E-state index contributed by atoms with van der Waals surface area (Å²) in [5.41, 5.74) is 2.35. The Hall–Kier alpha value is -1.03. The summed E-state index contributed by atoms with van der Waals surface area (Å²) in [6.07, 6.45) is 5.55. The van der Waals surface area contributed by atoms with Crippen LogP contribution in [0, 0.1) is 11.8 Å². The third-order valence-electron chi connectivity index (χ3n) is 5.68. The van der Waals surface area contributed by atoms with Crippen LogP contribution in [0.1, 0.15) is 24.8 Å². The third kappa shape index (κ3) is 2.50. The Kier molecular flexibility index (Phi) is 3.91. The van der Waals surface area contributed by atoms with Gasteiger partial charge in [0.25, 0.3) is 0 Å². The Labute approximate surface area is 146 Å². The molecule has 122 valence electrons. The predicted octanol–water partition coefficient (Wildman–Crippen LogP) is 4.03. The Bertz CT molecular complexity index is 688. The molecule has 23 heavy (non-hydrogen) atoms. The SMILES string of the molecule is COC(=O)[C@H]1C2CC3CCC1N3C/C2=C/c1ccc(Cl)c(Cl)c1. The van der Waals surface area contributed by atoms with Crippen LogP contribution in [0.3, 0.4) is 0 Å². The van der Waals surface area contributed by atoms with Gasteiger partial charge < -0.3 is 4.74 Å². The van der Waals surface area contributed by atoms with Gasteiger partial charge in [0.2, 0.25) is 0 Å². The van der Waals surface area contributed by atoms with Crippen LogP contribution in [0.4, 0.5) is 0 Å². The molecule has 0 radical (unpaired) electrons. The number of methoxy groups -OCH3 is 1. The van der Waals surface area contributed by atoms with Crippen molar-refractivity contribution in [1.29, 1.82) is 0 Å². The van der Waals surface area contributed by atoms with Gasteiger partial charge >= 0.3 is 5.97 Å². The van der Waals surface area contributed by atoms with E-state index in [1.807, 2.05) is 18.2 Å². The topological polar surface area (TPSA) is 29.5 Å². The minimum atomic E-state index is -0.0647. The molecule has 5 atom stereocenters. The minimum Gasteiger partial charge on any atom is -0.469 e. The van der Waals surface area contributed by atoms with Gasteiger partial charge in [0.05, 0.1) is 23.1 Å². The number of nitrogens with zero attached hydrogens (tertiary/aromatic N) is 1. The van der Waals surface area contributed by atoms with Crippen molar-refractivity contribution < 1.29 is 9.53 Å². The number of esters is 1. The minimum absolute atomic E-state index is 0.0264. The molecule has 0 aliphatic carbocycles. The first-order chi connectivity index (χ1) is 11.1. The van der Waals surface area contributed by atoms with Gasteiger partial charge in [0.1, 0.15) is 0 Å². The number of benzene rings is 1. The van der Waals surface area contributed by atoms with Gasteiger partial charge in [-0.15, -0.1) is 0 Å². The number of carbonyl (C=O) groups excluding carboxylic acids is 1. The van der Waals surface area contributed by atoms with Crippen molar-refractivity contribution in [3.63, 3.8) is 0 Å². The summed E-state index contributed by atoms with van der Waals surface area (Å²) < 4.78 is 5.09. The molecule has 0 saturated carbocycles. The highest BCUT2D eigenvalue weighted by Crippen LogP contribution is 2.50. The van der Waals surface area contributed by atoms with Crippen molar-refractivity contribution in [3.8, 4) is 0 Å². The molecule has 4 fully saturated rings. The van der Waals surface area contributed by atoms with E-state index in [0.29, 0.717) is 28.0 Å². The van der Waals surface area contributed by atoms with E-state index in [1.165, 1.54) is 19.1 Å². The molecule has 4 heterocycles. The normalized spacial score (nSPS) is 36.5. The average Bonchev–Trinajstić information content (AvgIpc) is 2.85. The maximum atomic E-state index is 12.3. The number of fused-ring (bicyclic) bond motifs is 1. The van der Waals surface area contributed by atoms with Crippen molar-refractivity contribution in [1.82, 2.24) is 4.90 Å². The average molecular weight is 352 g/mol. The summed E-state index contributed by atoms with van der Waals surface area (Å²) in [6, 6.07) is 6.67. The standard InChI is InChI=1S/C18H19Cl2NO2/c1-23-18(22)17-13-8-12-3-5-16(17)21(12)9-11(13)6-10-2-4-14(19)15(20)7-10/h2,4,6-7,12-13,16-17H,3,5,8-9H2,1H3/b11-6-/t12?,13?,16?,17-/m0/s1. The van der Waals surface area contributed by atoms with Gasteiger partial charge in [0.15, 0.2) is 0 Å². The Balaban J connectivity index is 1.69. The van der Waals surface area contributed by atoms with Gasteiger partial charge in [-0.05, 0) is 42.9 Å². The second kappa shape index (κ2) is 5.80. The second-order valence-corrected chi connectivity index (χ2v) is 7.57. The molecule has 0 amide bonds. The van der Waals surface area contributed by atoms with Gasteiger partial charge in [0, 0.05) is 18.6 Å². The van der Waals surface area contributed by atoms with Gasteiger partial charge in [-0.3, -0.25) is 9.69 Å². The van der Waals surface area contributed by atoms with Crippen molar-refractivity contribution >= 4 is 35.2 Å². The van der Waals surface area contributed by atoms with Crippen LogP contribution >= 0.6 is 23.2 Å². The van der Waals surface area contributed by atoms with E-state index >= 15 is 0 Å².